The van der Waals surface area contributed by atoms with E-state index in [-0.39, 0.29) is 101 Å². The number of hydrogen-bond acceptors (Lipinski definition) is 8. The van der Waals surface area contributed by atoms with E-state index in [4.69, 9.17) is 0 Å². The van der Waals surface area contributed by atoms with Crippen molar-refractivity contribution in [2.45, 2.75) is 24.9 Å². The Bertz CT molecular complexity index is 622. The van der Waals surface area contributed by atoms with Gasteiger partial charge in [-0.1, -0.05) is 12.2 Å². The number of aliphatic hydroxyl groups is 6. The van der Waals surface area contributed by atoms with Crippen molar-refractivity contribution in [3.05, 3.63) is 36.5 Å². The molecular weight excluding hydrogens is 630 g/mol. The second-order valence-electron chi connectivity index (χ2n) is 11.2. The van der Waals surface area contributed by atoms with E-state index in [1.807, 2.05) is 9.80 Å². The third-order valence-electron chi connectivity index (χ3n) is 6.73. The highest BCUT2D eigenvalue weighted by atomic mass is 35.5. The number of nitrogens with zero attached hydrogens (tertiary/aromatic N) is 4. The second-order valence-corrected chi connectivity index (χ2v) is 11.2. The summed E-state index contributed by atoms with van der Waals surface area (Å²) < 4.78 is 1.61. The van der Waals surface area contributed by atoms with Crippen LogP contribution in [0, 0.1) is 0 Å². The summed E-state index contributed by atoms with van der Waals surface area (Å²) in [6, 6.07) is -0.302. The number of hydrogen-bond donors (Lipinski definition) is 6. The van der Waals surface area contributed by atoms with Gasteiger partial charge in [-0.3, -0.25) is 9.80 Å². The summed E-state index contributed by atoms with van der Waals surface area (Å²) in [5.41, 5.74) is 0. The van der Waals surface area contributed by atoms with E-state index in [1.165, 1.54) is 0 Å². The summed E-state index contributed by atoms with van der Waals surface area (Å²) >= 11 is 0. The Kier molecular flexibility index (Phi) is 38.0. The molecule has 0 aliphatic heterocycles. The number of aliphatic hydroxyl groups excluding tert-OH is 6. The van der Waals surface area contributed by atoms with Crippen LogP contribution in [0.5, 0.6) is 0 Å². The molecule has 0 heterocycles. The molecule has 0 aromatic heterocycles. The molecule has 0 saturated carbocycles. The fourth-order valence-corrected chi connectivity index (χ4v) is 4.19. The van der Waals surface area contributed by atoms with Gasteiger partial charge in [0.1, 0.15) is 0 Å². The Morgan fingerprint density at radius 3 is 1.00 bits per heavy atom. The molecule has 0 amide bonds. The largest absolute Gasteiger partial charge is 1.00 e. The van der Waals surface area contributed by atoms with Crippen molar-refractivity contribution in [3.8, 4) is 0 Å². The lowest BCUT2D eigenvalue weighted by atomic mass is 10.2. The summed E-state index contributed by atoms with van der Waals surface area (Å²) in [5, 5.41) is 56.1. The Hall–Kier alpha value is -0.0200. The molecule has 0 spiro atoms. The first-order valence-electron chi connectivity index (χ1n) is 13.8. The maximum atomic E-state index is 9.57. The van der Waals surface area contributed by atoms with Crippen LogP contribution in [0.1, 0.15) is 12.8 Å². The standard InChI is InChI=1S/C28H58N4O6.4ClH/c1-31(2,17-7-5-13-29(15-23-35)27(25-37)11-21-33)19-9-10-20-32(3,4)18-8-6-14-30(16-24-36)28(26-38)12-22-34;;;;/h5-10,27-28,33-38H,11-26H2,1-4H3;4*1H/q+2;;;;/p-4/b7-5+,8-6+,10-9+;;;;. The fraction of sp³-hybridized carbons (Fsp3) is 0.786. The van der Waals surface area contributed by atoms with E-state index in [9.17, 15) is 30.6 Å². The maximum Gasteiger partial charge on any atom is 0.0974 e. The first-order valence-corrected chi connectivity index (χ1v) is 13.8. The molecule has 0 aromatic rings. The molecule has 256 valence electrons. The van der Waals surface area contributed by atoms with Crippen molar-refractivity contribution < 1.29 is 89.2 Å². The van der Waals surface area contributed by atoms with Crippen LogP contribution < -0.4 is 49.6 Å². The zero-order valence-electron chi connectivity index (χ0n) is 25.9. The predicted octanol–water partition coefficient (Wildman–Crippen LogP) is -13.1. The molecule has 0 bridgehead atoms. The summed E-state index contributed by atoms with van der Waals surface area (Å²) in [6.45, 7) is 5.68. The molecule has 0 aromatic carbocycles. The lowest BCUT2D eigenvalue weighted by molar-refractivity contribution is -0.881. The van der Waals surface area contributed by atoms with Gasteiger partial charge in [0.25, 0.3) is 0 Å². The highest BCUT2D eigenvalue weighted by Gasteiger charge is 2.17. The molecule has 42 heavy (non-hydrogen) atoms. The van der Waals surface area contributed by atoms with Crippen LogP contribution >= 0.6 is 0 Å². The first-order chi connectivity index (χ1) is 18.1. The molecule has 10 nitrogen and oxygen atoms in total. The van der Waals surface area contributed by atoms with Gasteiger partial charge in [0.2, 0.25) is 0 Å². The van der Waals surface area contributed by atoms with Crippen LogP contribution in [0.15, 0.2) is 36.5 Å². The maximum absolute atomic E-state index is 9.57. The lowest BCUT2D eigenvalue weighted by Gasteiger charge is -2.30. The molecule has 2 unspecified atom stereocenters. The van der Waals surface area contributed by atoms with Gasteiger partial charge in [0.05, 0.1) is 80.8 Å². The molecule has 14 heteroatoms. The average molecular weight is 689 g/mol. The smallest absolute Gasteiger partial charge is 0.0974 e. The summed E-state index contributed by atoms with van der Waals surface area (Å²) in [5.74, 6) is 0. The van der Waals surface area contributed by atoms with E-state index in [0.717, 1.165) is 35.1 Å². The van der Waals surface area contributed by atoms with Gasteiger partial charge in [-0.05, 0) is 37.1 Å². The van der Waals surface area contributed by atoms with Gasteiger partial charge in [0.15, 0.2) is 0 Å². The molecule has 0 aliphatic rings. The van der Waals surface area contributed by atoms with Crippen molar-refractivity contribution >= 4 is 0 Å². The van der Waals surface area contributed by atoms with Crippen LogP contribution in [-0.2, 0) is 0 Å². The summed E-state index contributed by atoms with van der Waals surface area (Å²) in [7, 11) is 8.72. The van der Waals surface area contributed by atoms with Crippen molar-refractivity contribution in [2.24, 2.45) is 0 Å². The number of quaternary nitrogens is 2. The van der Waals surface area contributed by atoms with Gasteiger partial charge in [0, 0.05) is 51.5 Å². The molecule has 2 atom stereocenters. The Morgan fingerprint density at radius 2 is 0.762 bits per heavy atom. The molecule has 0 saturated heterocycles. The summed E-state index contributed by atoms with van der Waals surface area (Å²) in [6.07, 6.45) is 13.8. The van der Waals surface area contributed by atoms with Crippen LogP contribution in [-0.4, -0.2) is 182 Å². The van der Waals surface area contributed by atoms with Crippen molar-refractivity contribution in [2.75, 3.05) is 120 Å². The average Bonchev–Trinajstić information content (AvgIpc) is 2.87. The van der Waals surface area contributed by atoms with E-state index in [0.29, 0.717) is 39.0 Å². The minimum absolute atomic E-state index is 0. The lowest BCUT2D eigenvalue weighted by Crippen LogP contribution is -3.00. The SMILES string of the molecule is C[N+](C)(C/C=C/CN(CCO)C(CO)CCO)C/C=C/C[N+](C)(C)C/C=C/CN(CCO)C(CO)CCO.[Cl-].[Cl-].[Cl-].[Cl-]. The van der Waals surface area contributed by atoms with Crippen molar-refractivity contribution in [3.63, 3.8) is 0 Å². The van der Waals surface area contributed by atoms with Gasteiger partial charge in [-0.25, -0.2) is 0 Å². The van der Waals surface area contributed by atoms with E-state index < -0.39 is 0 Å². The third kappa shape index (κ3) is 25.3. The Balaban J connectivity index is -0.00000114. The highest BCUT2D eigenvalue weighted by Crippen LogP contribution is 2.06. The van der Waals surface area contributed by atoms with Crippen LogP contribution in [0.4, 0.5) is 0 Å². The zero-order chi connectivity index (χ0) is 28.9. The molecule has 0 radical (unpaired) electrons. The summed E-state index contributed by atoms with van der Waals surface area (Å²) in [4.78, 5) is 3.98. The van der Waals surface area contributed by atoms with Gasteiger partial charge >= 0.3 is 0 Å². The van der Waals surface area contributed by atoms with E-state index >= 15 is 0 Å². The molecule has 0 fully saturated rings. The quantitative estimate of drug-likeness (QED) is 0.0437. The van der Waals surface area contributed by atoms with Crippen molar-refractivity contribution in [1.82, 2.24) is 9.80 Å². The minimum Gasteiger partial charge on any atom is -1.00 e. The molecule has 0 aliphatic carbocycles. The number of likely N-dealkylation sites (N-methyl/N-ethyl adjacent to an activating group) is 2. The second kappa shape index (κ2) is 31.0. The minimum atomic E-state index is -0.151. The normalized spacial score (nSPS) is 13.7. The third-order valence-corrected chi connectivity index (χ3v) is 6.73. The van der Waals surface area contributed by atoms with Crippen molar-refractivity contribution in [1.29, 1.82) is 0 Å². The zero-order valence-corrected chi connectivity index (χ0v) is 28.9. The van der Waals surface area contributed by atoms with E-state index in [2.05, 4.69) is 64.6 Å². The van der Waals surface area contributed by atoms with Gasteiger partial charge in [-0.2, -0.15) is 0 Å². The van der Waals surface area contributed by atoms with Gasteiger partial charge < -0.3 is 89.2 Å². The Labute approximate surface area is 279 Å². The molecular formula is C28H58Cl4N4O6-2. The first kappa shape index (κ1) is 51.6. The molecule has 6 N–H and O–H groups in total. The number of halogens is 4. The predicted molar refractivity (Wildman–Crippen MR) is 154 cm³/mol. The van der Waals surface area contributed by atoms with Crippen LogP contribution in [0.3, 0.4) is 0 Å². The van der Waals surface area contributed by atoms with Crippen LogP contribution in [0.2, 0.25) is 0 Å². The highest BCUT2D eigenvalue weighted by molar-refractivity contribution is 4.90. The van der Waals surface area contributed by atoms with Gasteiger partial charge in [-0.15, -0.1) is 0 Å². The monoisotopic (exact) mass is 686 g/mol. The molecule has 0 rings (SSSR count). The fourth-order valence-electron chi connectivity index (χ4n) is 4.19. The topological polar surface area (TPSA) is 128 Å². The number of rotatable bonds is 24. The Morgan fingerprint density at radius 1 is 0.476 bits per heavy atom. The van der Waals surface area contributed by atoms with Crippen LogP contribution in [0.25, 0.3) is 0 Å². The van der Waals surface area contributed by atoms with E-state index in [1.54, 1.807) is 0 Å².